The van der Waals surface area contributed by atoms with Crippen LogP contribution >= 0.6 is 0 Å². The van der Waals surface area contributed by atoms with E-state index in [0.717, 1.165) is 23.5 Å². The minimum atomic E-state index is -0.143. The second kappa shape index (κ2) is 6.99. The van der Waals surface area contributed by atoms with Crippen LogP contribution in [0.4, 0.5) is 5.69 Å². The molecule has 0 aliphatic heterocycles. The lowest BCUT2D eigenvalue weighted by Gasteiger charge is -2.14. The molecule has 1 amide bonds. The minimum Gasteiger partial charge on any atom is -0.322 e. The average Bonchev–Trinajstić information content (AvgIpc) is 2.48. The summed E-state index contributed by atoms with van der Waals surface area (Å²) in [6, 6.07) is 11.8. The van der Waals surface area contributed by atoms with E-state index in [1.807, 2.05) is 31.2 Å². The van der Waals surface area contributed by atoms with Crippen molar-refractivity contribution in [3.05, 3.63) is 59.4 Å². The zero-order valence-corrected chi connectivity index (χ0v) is 12.7. The van der Waals surface area contributed by atoms with Gasteiger partial charge in [-0.1, -0.05) is 19.1 Å². The Morgan fingerprint density at radius 1 is 1.29 bits per heavy atom. The van der Waals surface area contributed by atoms with Crippen LogP contribution in [0.15, 0.2) is 42.6 Å². The third-order valence-corrected chi connectivity index (χ3v) is 3.33. The zero-order chi connectivity index (χ0) is 15.2. The lowest BCUT2D eigenvalue weighted by atomic mass is 10.1. The smallest absolute Gasteiger partial charge is 0.257 e. The number of hydrogen-bond donors (Lipinski definition) is 2. The molecule has 1 aromatic heterocycles. The van der Waals surface area contributed by atoms with E-state index in [2.05, 4.69) is 35.5 Å². The molecule has 0 fully saturated rings. The summed E-state index contributed by atoms with van der Waals surface area (Å²) in [6.07, 6.45) is 1.59. The Morgan fingerprint density at radius 3 is 2.76 bits per heavy atom. The van der Waals surface area contributed by atoms with Gasteiger partial charge in [-0.25, -0.2) is 0 Å². The molecule has 0 spiro atoms. The number of anilines is 1. The Labute approximate surface area is 125 Å². The molecule has 1 heterocycles. The van der Waals surface area contributed by atoms with Gasteiger partial charge in [-0.3, -0.25) is 9.78 Å². The summed E-state index contributed by atoms with van der Waals surface area (Å²) in [5.74, 6) is -0.143. The van der Waals surface area contributed by atoms with E-state index in [-0.39, 0.29) is 11.9 Å². The molecule has 1 aromatic carbocycles. The molecule has 0 saturated carbocycles. The Balaban J connectivity index is 2.10. The monoisotopic (exact) mass is 283 g/mol. The fourth-order valence-corrected chi connectivity index (χ4v) is 2.12. The topological polar surface area (TPSA) is 54.0 Å². The van der Waals surface area contributed by atoms with E-state index >= 15 is 0 Å². The molecule has 4 heteroatoms. The number of pyridine rings is 1. The largest absolute Gasteiger partial charge is 0.322 e. The molecule has 4 nitrogen and oxygen atoms in total. The van der Waals surface area contributed by atoms with Crippen molar-refractivity contribution in [2.75, 3.05) is 11.9 Å². The van der Waals surface area contributed by atoms with Crippen LogP contribution in [0.5, 0.6) is 0 Å². The molecule has 2 rings (SSSR count). The predicted octanol–water partition coefficient (Wildman–Crippen LogP) is 3.31. The molecule has 0 saturated heterocycles. The summed E-state index contributed by atoms with van der Waals surface area (Å²) in [5.41, 5.74) is 3.40. The fraction of sp³-hybridized carbons (Fsp3) is 0.294. The fourth-order valence-electron chi connectivity index (χ4n) is 2.12. The van der Waals surface area contributed by atoms with Gasteiger partial charge in [-0.15, -0.1) is 0 Å². The summed E-state index contributed by atoms with van der Waals surface area (Å²) in [5, 5.41) is 6.27. The van der Waals surface area contributed by atoms with E-state index in [0.29, 0.717) is 5.56 Å². The van der Waals surface area contributed by atoms with Crippen molar-refractivity contribution in [3.63, 3.8) is 0 Å². The number of nitrogens with one attached hydrogen (secondary N) is 2. The Morgan fingerprint density at radius 2 is 2.10 bits per heavy atom. The highest BCUT2D eigenvalue weighted by Crippen LogP contribution is 2.18. The lowest BCUT2D eigenvalue weighted by Crippen LogP contribution is -2.18. The number of aryl methyl sites for hydroxylation is 1. The number of rotatable bonds is 5. The molecule has 110 valence electrons. The highest BCUT2D eigenvalue weighted by molar-refractivity contribution is 6.04. The van der Waals surface area contributed by atoms with Crippen LogP contribution in [0.1, 0.15) is 41.5 Å². The van der Waals surface area contributed by atoms with Crippen LogP contribution in [-0.4, -0.2) is 17.4 Å². The Hall–Kier alpha value is -2.20. The van der Waals surface area contributed by atoms with Crippen LogP contribution in [0.2, 0.25) is 0 Å². The molecule has 1 atom stereocenters. The second-order valence-electron chi connectivity index (χ2n) is 5.05. The van der Waals surface area contributed by atoms with Gasteiger partial charge in [0, 0.05) is 23.6 Å². The van der Waals surface area contributed by atoms with Gasteiger partial charge in [0.15, 0.2) is 0 Å². The van der Waals surface area contributed by atoms with E-state index in [1.165, 1.54) is 0 Å². The molecular weight excluding hydrogens is 262 g/mol. The molecule has 1 unspecified atom stereocenters. The second-order valence-corrected chi connectivity index (χ2v) is 5.05. The first-order valence-corrected chi connectivity index (χ1v) is 7.17. The normalized spacial score (nSPS) is 12.0. The SMILES string of the molecule is CCNC(C)c1cccc(NC(=O)c2ccc(C)nc2)c1. The van der Waals surface area contributed by atoms with Gasteiger partial charge in [-0.2, -0.15) is 0 Å². The molecule has 0 aliphatic carbocycles. The van der Waals surface area contributed by atoms with E-state index in [4.69, 9.17) is 0 Å². The van der Waals surface area contributed by atoms with Crippen LogP contribution in [0, 0.1) is 6.92 Å². The maximum Gasteiger partial charge on any atom is 0.257 e. The van der Waals surface area contributed by atoms with E-state index in [1.54, 1.807) is 12.3 Å². The van der Waals surface area contributed by atoms with Crippen molar-refractivity contribution in [3.8, 4) is 0 Å². The maximum absolute atomic E-state index is 12.2. The van der Waals surface area contributed by atoms with E-state index < -0.39 is 0 Å². The van der Waals surface area contributed by atoms with Crippen LogP contribution in [-0.2, 0) is 0 Å². The standard InChI is InChI=1S/C17H21N3O/c1-4-18-13(3)14-6-5-7-16(10-14)20-17(21)15-9-8-12(2)19-11-15/h5-11,13,18H,4H2,1-3H3,(H,20,21). The van der Waals surface area contributed by atoms with Crippen molar-refractivity contribution in [2.24, 2.45) is 0 Å². The highest BCUT2D eigenvalue weighted by atomic mass is 16.1. The number of benzene rings is 1. The average molecular weight is 283 g/mol. The number of carbonyl (C=O) groups is 1. The van der Waals surface area contributed by atoms with Gasteiger partial charge in [0.1, 0.15) is 0 Å². The first-order chi connectivity index (χ1) is 10.1. The molecule has 2 aromatic rings. The van der Waals surface area contributed by atoms with Gasteiger partial charge in [0.25, 0.3) is 5.91 Å². The summed E-state index contributed by atoms with van der Waals surface area (Å²) >= 11 is 0. The summed E-state index contributed by atoms with van der Waals surface area (Å²) < 4.78 is 0. The van der Waals surface area contributed by atoms with Crippen molar-refractivity contribution < 1.29 is 4.79 Å². The first-order valence-electron chi connectivity index (χ1n) is 7.17. The summed E-state index contributed by atoms with van der Waals surface area (Å²) in [6.45, 7) is 6.99. The molecule has 2 N–H and O–H groups in total. The third kappa shape index (κ3) is 4.13. The number of nitrogens with zero attached hydrogens (tertiary/aromatic N) is 1. The molecule has 0 aliphatic rings. The van der Waals surface area contributed by atoms with Crippen LogP contribution in [0.3, 0.4) is 0 Å². The van der Waals surface area contributed by atoms with Gasteiger partial charge in [0.2, 0.25) is 0 Å². The van der Waals surface area contributed by atoms with Crippen molar-refractivity contribution in [1.29, 1.82) is 0 Å². The van der Waals surface area contributed by atoms with Crippen molar-refractivity contribution in [2.45, 2.75) is 26.8 Å². The number of hydrogen-bond acceptors (Lipinski definition) is 3. The quantitative estimate of drug-likeness (QED) is 0.885. The van der Waals surface area contributed by atoms with Crippen LogP contribution in [0.25, 0.3) is 0 Å². The van der Waals surface area contributed by atoms with Gasteiger partial charge in [0.05, 0.1) is 5.56 Å². The Bertz CT molecular complexity index is 608. The molecule has 21 heavy (non-hydrogen) atoms. The highest BCUT2D eigenvalue weighted by Gasteiger charge is 2.08. The number of amides is 1. The summed E-state index contributed by atoms with van der Waals surface area (Å²) in [4.78, 5) is 16.3. The summed E-state index contributed by atoms with van der Waals surface area (Å²) in [7, 11) is 0. The van der Waals surface area contributed by atoms with Gasteiger partial charge < -0.3 is 10.6 Å². The first kappa shape index (κ1) is 15.2. The lowest BCUT2D eigenvalue weighted by molar-refractivity contribution is 0.102. The van der Waals surface area contributed by atoms with Gasteiger partial charge in [-0.05, 0) is 50.2 Å². The minimum absolute atomic E-state index is 0.143. The van der Waals surface area contributed by atoms with Crippen LogP contribution < -0.4 is 10.6 Å². The van der Waals surface area contributed by atoms with E-state index in [9.17, 15) is 4.79 Å². The third-order valence-electron chi connectivity index (χ3n) is 3.33. The van der Waals surface area contributed by atoms with Crippen molar-refractivity contribution in [1.82, 2.24) is 10.3 Å². The number of aromatic nitrogens is 1. The molecular formula is C17H21N3O. The molecule has 0 radical (unpaired) electrons. The Kier molecular flexibility index (Phi) is 5.06. The number of carbonyl (C=O) groups excluding carboxylic acids is 1. The van der Waals surface area contributed by atoms with Crippen molar-refractivity contribution >= 4 is 11.6 Å². The predicted molar refractivity (Wildman–Crippen MR) is 85.5 cm³/mol. The maximum atomic E-state index is 12.2. The molecule has 0 bridgehead atoms. The van der Waals surface area contributed by atoms with Gasteiger partial charge >= 0.3 is 0 Å². The zero-order valence-electron chi connectivity index (χ0n) is 12.7.